The molecule has 8 nitrogen and oxygen atoms in total. The van der Waals surface area contributed by atoms with Gasteiger partial charge in [0.05, 0.1) is 15.8 Å². The molecular weight excluding hydrogens is 464 g/mol. The van der Waals surface area contributed by atoms with Gasteiger partial charge in [0.1, 0.15) is 6.04 Å². The number of carbonyl (C=O) groups is 1. The summed E-state index contributed by atoms with van der Waals surface area (Å²) in [5, 5.41) is 6.13. The van der Waals surface area contributed by atoms with Gasteiger partial charge in [-0.15, -0.1) is 11.3 Å². The maximum absolute atomic E-state index is 13.4. The first-order valence-electron chi connectivity index (χ1n) is 11.8. The second-order valence-electron chi connectivity index (χ2n) is 9.10. The maximum atomic E-state index is 13.4. The summed E-state index contributed by atoms with van der Waals surface area (Å²) in [6, 6.07) is 13.2. The highest BCUT2D eigenvalue weighted by Crippen LogP contribution is 2.34. The lowest BCUT2D eigenvalue weighted by Crippen LogP contribution is -2.50. The van der Waals surface area contributed by atoms with E-state index in [0.29, 0.717) is 18.5 Å². The third-order valence-electron chi connectivity index (χ3n) is 6.86. The van der Waals surface area contributed by atoms with Gasteiger partial charge < -0.3 is 14.4 Å². The Labute approximate surface area is 206 Å². The van der Waals surface area contributed by atoms with Gasteiger partial charge in [0.15, 0.2) is 11.5 Å². The molecule has 0 N–H and O–H groups in total. The van der Waals surface area contributed by atoms with Crippen molar-refractivity contribution >= 4 is 37.4 Å². The van der Waals surface area contributed by atoms with Crippen LogP contribution in [0.2, 0.25) is 0 Å². The minimum atomic E-state index is -0.662. The summed E-state index contributed by atoms with van der Waals surface area (Å²) in [5.41, 5.74) is 1.73. The molecule has 180 valence electrons. The van der Waals surface area contributed by atoms with Gasteiger partial charge in [0.2, 0.25) is 12.7 Å². The lowest BCUT2D eigenvalue weighted by molar-refractivity contribution is -0.136. The fraction of sp³-hybridized carbons (Fsp3) is 0.346. The van der Waals surface area contributed by atoms with E-state index in [-0.39, 0.29) is 18.3 Å². The molecule has 0 radical (unpaired) electrons. The molecule has 35 heavy (non-hydrogen) atoms. The molecule has 1 amide bonds. The second-order valence-corrected chi connectivity index (χ2v) is 10.2. The van der Waals surface area contributed by atoms with Crippen molar-refractivity contribution in [3.63, 3.8) is 0 Å². The van der Waals surface area contributed by atoms with E-state index < -0.39 is 6.04 Å². The van der Waals surface area contributed by atoms with Gasteiger partial charge in [-0.3, -0.25) is 14.5 Å². The molecule has 1 fully saturated rings. The van der Waals surface area contributed by atoms with Crippen LogP contribution in [-0.4, -0.2) is 58.5 Å². The van der Waals surface area contributed by atoms with Crippen LogP contribution >= 0.6 is 11.3 Å². The number of aryl methyl sites for hydroxylation is 1. The molecule has 2 aliphatic heterocycles. The smallest absolute Gasteiger partial charge is 0.276 e. The zero-order valence-corrected chi connectivity index (χ0v) is 20.5. The number of ether oxygens (including phenoxy) is 2. The number of hydrogen-bond donors (Lipinski definition) is 0. The van der Waals surface area contributed by atoms with E-state index in [4.69, 9.17) is 9.47 Å². The Kier molecular flexibility index (Phi) is 5.46. The number of nitrogens with zero attached hydrogens (tertiary/aromatic N) is 4. The highest BCUT2D eigenvalue weighted by atomic mass is 32.1. The third kappa shape index (κ3) is 3.84. The molecule has 1 atom stereocenters. The predicted octanol–water partition coefficient (Wildman–Crippen LogP) is 3.55. The standard InChI is InChI=1S/C26H26N4O4S/c1-16-24-23(19-5-3-4-6-22(19)35-24)26(32)30(27-16)17(2)25(31)29-11-9-28(10-12-29)14-18-7-8-20-21(13-18)34-15-33-20/h3-8,13,17H,9-12,14-15H2,1-2H3. The molecule has 4 aromatic rings. The van der Waals surface area contributed by atoms with Crippen LogP contribution in [0.3, 0.4) is 0 Å². The van der Waals surface area contributed by atoms with Gasteiger partial charge in [-0.2, -0.15) is 5.10 Å². The zero-order chi connectivity index (χ0) is 24.1. The minimum absolute atomic E-state index is 0.0689. The summed E-state index contributed by atoms with van der Waals surface area (Å²) in [6.07, 6.45) is 0. The first kappa shape index (κ1) is 22.1. The Morgan fingerprint density at radius 1 is 1.09 bits per heavy atom. The van der Waals surface area contributed by atoms with Gasteiger partial charge in [0.25, 0.3) is 5.56 Å². The van der Waals surface area contributed by atoms with E-state index in [1.54, 1.807) is 18.3 Å². The van der Waals surface area contributed by atoms with Crippen molar-refractivity contribution in [3.05, 3.63) is 64.1 Å². The van der Waals surface area contributed by atoms with Gasteiger partial charge in [0, 0.05) is 42.8 Å². The number of thiophene rings is 1. The molecule has 1 saturated heterocycles. The number of piperazine rings is 1. The van der Waals surface area contributed by atoms with E-state index in [0.717, 1.165) is 57.2 Å². The lowest BCUT2D eigenvalue weighted by atomic mass is 10.1. The Hall–Kier alpha value is -3.43. The molecule has 0 saturated carbocycles. The molecular formula is C26H26N4O4S. The van der Waals surface area contributed by atoms with E-state index in [1.165, 1.54) is 4.68 Å². The van der Waals surface area contributed by atoms with Crippen LogP contribution in [0.15, 0.2) is 47.3 Å². The van der Waals surface area contributed by atoms with Gasteiger partial charge in [-0.25, -0.2) is 4.68 Å². The summed E-state index contributed by atoms with van der Waals surface area (Å²) in [4.78, 5) is 31.0. The fourth-order valence-electron chi connectivity index (χ4n) is 4.93. The predicted molar refractivity (Wildman–Crippen MR) is 135 cm³/mol. The zero-order valence-electron chi connectivity index (χ0n) is 19.7. The van der Waals surface area contributed by atoms with Crippen LogP contribution in [0.5, 0.6) is 11.5 Å². The molecule has 2 aliphatic rings. The molecule has 2 aromatic carbocycles. The number of benzene rings is 2. The van der Waals surface area contributed by atoms with Crippen molar-refractivity contribution < 1.29 is 14.3 Å². The summed E-state index contributed by atoms with van der Waals surface area (Å²) >= 11 is 1.58. The quantitative estimate of drug-likeness (QED) is 0.436. The normalized spacial score (nSPS) is 16.8. The monoisotopic (exact) mass is 490 g/mol. The van der Waals surface area contributed by atoms with Gasteiger partial charge >= 0.3 is 0 Å². The average molecular weight is 491 g/mol. The van der Waals surface area contributed by atoms with E-state index >= 15 is 0 Å². The first-order valence-corrected chi connectivity index (χ1v) is 12.6. The Balaban J connectivity index is 1.17. The topological polar surface area (TPSA) is 76.9 Å². The minimum Gasteiger partial charge on any atom is -0.454 e. The summed E-state index contributed by atoms with van der Waals surface area (Å²) in [6.45, 7) is 7.50. The van der Waals surface area contributed by atoms with E-state index in [2.05, 4.69) is 16.1 Å². The van der Waals surface area contributed by atoms with Crippen molar-refractivity contribution in [2.24, 2.45) is 0 Å². The van der Waals surface area contributed by atoms with Gasteiger partial charge in [-0.1, -0.05) is 24.3 Å². The molecule has 9 heteroatoms. The highest BCUT2D eigenvalue weighted by Gasteiger charge is 2.28. The lowest BCUT2D eigenvalue weighted by Gasteiger charge is -2.36. The second kappa shape index (κ2) is 8.66. The average Bonchev–Trinajstić information content (AvgIpc) is 3.50. The van der Waals surface area contributed by atoms with Crippen LogP contribution in [-0.2, 0) is 11.3 Å². The van der Waals surface area contributed by atoms with E-state index in [1.807, 2.05) is 48.2 Å². The van der Waals surface area contributed by atoms with Crippen molar-refractivity contribution in [3.8, 4) is 11.5 Å². The van der Waals surface area contributed by atoms with Crippen LogP contribution in [0, 0.1) is 6.92 Å². The summed E-state index contributed by atoms with van der Waals surface area (Å²) in [7, 11) is 0. The molecule has 0 spiro atoms. The number of hydrogen-bond acceptors (Lipinski definition) is 7. The SMILES string of the molecule is Cc1nn(C(C)C(=O)N2CCN(Cc3ccc4c(c3)OCO4)CC2)c(=O)c2c1sc1ccccc12. The highest BCUT2D eigenvalue weighted by molar-refractivity contribution is 7.26. The van der Waals surface area contributed by atoms with Crippen LogP contribution in [0.1, 0.15) is 24.2 Å². The molecule has 6 rings (SSSR count). The summed E-state index contributed by atoms with van der Waals surface area (Å²) < 4.78 is 14.2. The largest absolute Gasteiger partial charge is 0.454 e. The Morgan fingerprint density at radius 3 is 2.69 bits per heavy atom. The number of rotatable bonds is 4. The van der Waals surface area contributed by atoms with Crippen molar-refractivity contribution in [1.82, 2.24) is 19.6 Å². The fourth-order valence-corrected chi connectivity index (χ4v) is 6.07. The van der Waals surface area contributed by atoms with Crippen LogP contribution in [0.25, 0.3) is 20.2 Å². The third-order valence-corrected chi connectivity index (χ3v) is 8.13. The maximum Gasteiger partial charge on any atom is 0.276 e. The number of aromatic nitrogens is 2. The number of fused-ring (bicyclic) bond motifs is 4. The van der Waals surface area contributed by atoms with Crippen LogP contribution in [0.4, 0.5) is 0 Å². The molecule has 4 heterocycles. The van der Waals surface area contributed by atoms with E-state index in [9.17, 15) is 9.59 Å². The van der Waals surface area contributed by atoms with Crippen molar-refractivity contribution in [2.45, 2.75) is 26.4 Å². The number of carbonyl (C=O) groups excluding carboxylic acids is 1. The van der Waals surface area contributed by atoms with Crippen molar-refractivity contribution in [2.75, 3.05) is 33.0 Å². The van der Waals surface area contributed by atoms with Crippen molar-refractivity contribution in [1.29, 1.82) is 0 Å². The summed E-state index contributed by atoms with van der Waals surface area (Å²) in [5.74, 6) is 1.50. The molecule has 0 aliphatic carbocycles. The molecule has 1 unspecified atom stereocenters. The molecule has 2 aromatic heterocycles. The first-order chi connectivity index (χ1) is 17.0. The van der Waals surface area contributed by atoms with Crippen LogP contribution < -0.4 is 15.0 Å². The van der Waals surface area contributed by atoms with Gasteiger partial charge in [-0.05, 0) is 37.6 Å². The Morgan fingerprint density at radius 2 is 1.86 bits per heavy atom. The Bertz CT molecular complexity index is 1500. The number of amides is 1. The molecule has 0 bridgehead atoms.